The summed E-state index contributed by atoms with van der Waals surface area (Å²) in [5.41, 5.74) is 2.17. The van der Waals surface area contributed by atoms with Gasteiger partial charge < -0.3 is 4.98 Å². The van der Waals surface area contributed by atoms with Crippen LogP contribution in [-0.2, 0) is 16.4 Å². The minimum atomic E-state index is -3.47. The van der Waals surface area contributed by atoms with Gasteiger partial charge in [-0.05, 0) is 53.0 Å². The maximum Gasteiger partial charge on any atom is 0.250 e. The molecule has 116 valence electrons. The maximum absolute atomic E-state index is 12.3. The van der Waals surface area contributed by atoms with E-state index < -0.39 is 10.0 Å². The molecule has 0 aliphatic carbocycles. The maximum atomic E-state index is 12.3. The Labute approximate surface area is 141 Å². The van der Waals surface area contributed by atoms with Gasteiger partial charge in [-0.15, -0.1) is 11.3 Å². The van der Waals surface area contributed by atoms with Crippen molar-refractivity contribution in [1.82, 2.24) is 9.71 Å². The Morgan fingerprint density at radius 3 is 2.77 bits per heavy atom. The van der Waals surface area contributed by atoms with Crippen LogP contribution < -0.4 is 4.72 Å². The Morgan fingerprint density at radius 2 is 2.05 bits per heavy atom. The summed E-state index contributed by atoms with van der Waals surface area (Å²) in [6.07, 6.45) is 2.58. The second-order valence-corrected chi connectivity index (χ2v) is 9.55. The van der Waals surface area contributed by atoms with E-state index in [1.807, 2.05) is 37.4 Å². The van der Waals surface area contributed by atoms with Crippen molar-refractivity contribution in [2.24, 2.45) is 0 Å². The van der Waals surface area contributed by atoms with Gasteiger partial charge in [-0.1, -0.05) is 18.2 Å². The molecule has 0 aliphatic heterocycles. The largest absolute Gasteiger partial charge is 0.361 e. The third-order valence-electron chi connectivity index (χ3n) is 3.37. The highest BCUT2D eigenvalue weighted by molar-refractivity contribution is 9.11. The summed E-state index contributed by atoms with van der Waals surface area (Å²) in [6.45, 7) is 1.88. The molecule has 3 rings (SSSR count). The molecule has 1 atom stereocenters. The van der Waals surface area contributed by atoms with Crippen LogP contribution in [0.3, 0.4) is 0 Å². The van der Waals surface area contributed by atoms with E-state index in [-0.39, 0.29) is 6.04 Å². The van der Waals surface area contributed by atoms with Crippen LogP contribution in [0.4, 0.5) is 0 Å². The molecule has 4 nitrogen and oxygen atoms in total. The third kappa shape index (κ3) is 3.27. The van der Waals surface area contributed by atoms with Gasteiger partial charge in [0, 0.05) is 23.1 Å². The number of sulfonamides is 1. The van der Waals surface area contributed by atoms with Crippen LogP contribution in [0.2, 0.25) is 0 Å². The fourth-order valence-electron chi connectivity index (χ4n) is 2.44. The van der Waals surface area contributed by atoms with Crippen molar-refractivity contribution in [3.63, 3.8) is 0 Å². The highest BCUT2D eigenvalue weighted by atomic mass is 79.9. The number of fused-ring (bicyclic) bond motifs is 1. The molecule has 1 unspecified atom stereocenters. The van der Waals surface area contributed by atoms with Gasteiger partial charge in [0.05, 0.1) is 3.79 Å². The number of para-hydroxylation sites is 1. The molecule has 0 aliphatic rings. The van der Waals surface area contributed by atoms with Gasteiger partial charge in [0.1, 0.15) is 4.21 Å². The van der Waals surface area contributed by atoms with Crippen LogP contribution in [0.5, 0.6) is 0 Å². The van der Waals surface area contributed by atoms with Crippen molar-refractivity contribution in [3.05, 3.63) is 51.9 Å². The molecule has 3 aromatic rings. The van der Waals surface area contributed by atoms with Gasteiger partial charge in [-0.3, -0.25) is 0 Å². The van der Waals surface area contributed by atoms with Crippen LogP contribution in [-0.4, -0.2) is 19.4 Å². The van der Waals surface area contributed by atoms with E-state index in [4.69, 9.17) is 0 Å². The van der Waals surface area contributed by atoms with Crippen LogP contribution in [0, 0.1) is 0 Å². The fourth-order valence-corrected chi connectivity index (χ4v) is 5.71. The minimum absolute atomic E-state index is 0.190. The van der Waals surface area contributed by atoms with E-state index in [9.17, 15) is 8.42 Å². The highest BCUT2D eigenvalue weighted by Gasteiger charge is 2.20. The molecule has 2 aromatic heterocycles. The summed E-state index contributed by atoms with van der Waals surface area (Å²) in [5, 5.41) is 1.13. The smallest absolute Gasteiger partial charge is 0.250 e. The van der Waals surface area contributed by atoms with Gasteiger partial charge in [0.15, 0.2) is 0 Å². The van der Waals surface area contributed by atoms with E-state index >= 15 is 0 Å². The molecule has 0 bridgehead atoms. The Kier molecular flexibility index (Phi) is 4.40. The summed E-state index contributed by atoms with van der Waals surface area (Å²) in [5.74, 6) is 0. The molecule has 2 N–H and O–H groups in total. The molecule has 1 aromatic carbocycles. The van der Waals surface area contributed by atoms with E-state index in [1.165, 1.54) is 11.3 Å². The molecule has 0 saturated heterocycles. The number of hydrogen-bond acceptors (Lipinski definition) is 3. The zero-order chi connectivity index (χ0) is 15.7. The lowest BCUT2D eigenvalue weighted by Gasteiger charge is -2.13. The van der Waals surface area contributed by atoms with Crippen molar-refractivity contribution < 1.29 is 8.42 Å². The molecule has 7 heteroatoms. The normalized spacial score (nSPS) is 13.5. The molecule has 0 spiro atoms. The average molecular weight is 399 g/mol. The predicted molar refractivity (Wildman–Crippen MR) is 93.8 cm³/mol. The Balaban J connectivity index is 1.76. The second-order valence-electron chi connectivity index (χ2n) is 5.14. The molecule has 0 amide bonds. The number of halogens is 1. The number of aromatic nitrogens is 1. The van der Waals surface area contributed by atoms with E-state index in [0.717, 1.165) is 20.3 Å². The number of nitrogens with one attached hydrogen (secondary N) is 2. The standard InChI is InChI=1S/C15H15BrN2O2S2/c1-10(18-22(19,20)15-7-6-14(16)21-15)8-11-9-17-13-5-3-2-4-12(11)13/h2-7,9-10,17-18H,8H2,1H3. The first kappa shape index (κ1) is 15.7. The third-order valence-corrected chi connectivity index (χ3v) is 7.08. The van der Waals surface area contributed by atoms with E-state index in [0.29, 0.717) is 10.6 Å². The van der Waals surface area contributed by atoms with Crippen LogP contribution in [0.15, 0.2) is 50.6 Å². The predicted octanol–water partition coefficient (Wildman–Crippen LogP) is 3.90. The van der Waals surface area contributed by atoms with Gasteiger partial charge >= 0.3 is 0 Å². The van der Waals surface area contributed by atoms with Crippen molar-refractivity contribution >= 4 is 48.2 Å². The van der Waals surface area contributed by atoms with Gasteiger partial charge in [0.2, 0.25) is 10.0 Å². The lowest BCUT2D eigenvalue weighted by molar-refractivity contribution is 0.562. The van der Waals surface area contributed by atoms with Crippen LogP contribution in [0.1, 0.15) is 12.5 Å². The fraction of sp³-hybridized carbons (Fsp3) is 0.200. The minimum Gasteiger partial charge on any atom is -0.361 e. The summed E-state index contributed by atoms with van der Waals surface area (Å²) >= 11 is 4.50. The summed E-state index contributed by atoms with van der Waals surface area (Å²) in [6, 6.07) is 11.2. The first-order valence-electron chi connectivity index (χ1n) is 6.78. The van der Waals surface area contributed by atoms with Crippen molar-refractivity contribution in [2.75, 3.05) is 0 Å². The first-order chi connectivity index (χ1) is 10.5. The summed E-state index contributed by atoms with van der Waals surface area (Å²) in [7, 11) is -3.47. The Hall–Kier alpha value is -1.15. The Morgan fingerprint density at radius 1 is 1.27 bits per heavy atom. The molecule has 0 fully saturated rings. The zero-order valence-corrected chi connectivity index (χ0v) is 15.1. The molecule has 2 heterocycles. The SMILES string of the molecule is CC(Cc1c[nH]c2ccccc12)NS(=O)(=O)c1ccc(Br)s1. The van der Waals surface area contributed by atoms with Gasteiger partial charge in [-0.25, -0.2) is 13.1 Å². The van der Waals surface area contributed by atoms with Crippen molar-refractivity contribution in [2.45, 2.75) is 23.6 Å². The average Bonchev–Trinajstić information content (AvgIpc) is 3.06. The van der Waals surface area contributed by atoms with Gasteiger partial charge in [-0.2, -0.15) is 0 Å². The topological polar surface area (TPSA) is 62.0 Å². The molecule has 0 radical (unpaired) electrons. The number of H-pyrrole nitrogens is 1. The van der Waals surface area contributed by atoms with E-state index in [2.05, 4.69) is 25.6 Å². The highest BCUT2D eigenvalue weighted by Crippen LogP contribution is 2.26. The van der Waals surface area contributed by atoms with Crippen LogP contribution in [0.25, 0.3) is 10.9 Å². The number of benzene rings is 1. The second kappa shape index (κ2) is 6.16. The lowest BCUT2D eigenvalue weighted by Crippen LogP contribution is -2.33. The monoisotopic (exact) mass is 398 g/mol. The number of aromatic amines is 1. The molecular weight excluding hydrogens is 384 g/mol. The molecule has 0 saturated carbocycles. The zero-order valence-electron chi connectivity index (χ0n) is 11.8. The van der Waals surface area contributed by atoms with Crippen molar-refractivity contribution in [3.8, 4) is 0 Å². The van der Waals surface area contributed by atoms with Gasteiger partial charge in [0.25, 0.3) is 0 Å². The first-order valence-corrected chi connectivity index (χ1v) is 9.87. The molecular formula is C15H15BrN2O2S2. The molecule has 22 heavy (non-hydrogen) atoms. The van der Waals surface area contributed by atoms with Crippen LogP contribution >= 0.6 is 27.3 Å². The summed E-state index contributed by atoms with van der Waals surface area (Å²) in [4.78, 5) is 3.21. The number of thiophene rings is 1. The van der Waals surface area contributed by atoms with E-state index in [1.54, 1.807) is 12.1 Å². The van der Waals surface area contributed by atoms with Crippen molar-refractivity contribution in [1.29, 1.82) is 0 Å². The number of rotatable bonds is 5. The lowest BCUT2D eigenvalue weighted by atomic mass is 10.1. The Bertz CT molecular complexity index is 899. The number of hydrogen-bond donors (Lipinski definition) is 2. The quantitative estimate of drug-likeness (QED) is 0.684. The summed E-state index contributed by atoms with van der Waals surface area (Å²) < 4.78 is 28.5.